The first-order valence-corrected chi connectivity index (χ1v) is 15.7. The summed E-state index contributed by atoms with van der Waals surface area (Å²) in [6.45, 7) is 2.44. The Morgan fingerprint density at radius 1 is 1.09 bits per heavy atom. The predicted molar refractivity (Wildman–Crippen MR) is 158 cm³/mol. The number of carbonyl (C=O) groups excluding carboxylic acids is 3. The summed E-state index contributed by atoms with van der Waals surface area (Å²) in [5, 5.41) is 48.5. The first-order chi connectivity index (χ1) is 20.8. The number of nitrogens with zero attached hydrogens (tertiary/aromatic N) is 1. The molecule has 2 unspecified atom stereocenters. The van der Waals surface area contributed by atoms with Crippen LogP contribution >= 0.6 is 0 Å². The van der Waals surface area contributed by atoms with Crippen LogP contribution in [-0.4, -0.2) is 74.6 Å². The lowest BCUT2D eigenvalue weighted by Crippen LogP contribution is -2.63. The molecule has 6 atom stereocenters. The van der Waals surface area contributed by atoms with Crippen molar-refractivity contribution in [2.75, 3.05) is 14.1 Å². The molecule has 2 bridgehead atoms. The normalized spacial score (nSPS) is 35.0. The smallest absolute Gasteiger partial charge is 0.255 e. The minimum atomic E-state index is -2.72. The standard InChI is InChI=1S/C33H42FN3O7/c1-4-14-5-15-7-16(6-14)9-19(8-15)36-13-18-12-22(38)24-20(26(18)34)10-17-11-21-27(37(2)3)29(40)25(32(35)43)31(42)33(21,44)30(41)23(17)28(24)39/h12,14-17,19,21,27,36,38,40-41,44H,4-11,13H2,1-3H3,(H2,35,43)/t14?,15?,16?,17-,19?,21-,27-,33-/m0/s1. The molecule has 5 aliphatic carbocycles. The van der Waals surface area contributed by atoms with Crippen LogP contribution in [-0.2, 0) is 22.6 Å². The number of allylic oxidation sites excluding steroid dienone is 1. The Kier molecular flexibility index (Phi) is 7.65. The zero-order valence-corrected chi connectivity index (χ0v) is 25.4. The fraction of sp³-hybridized carbons (Fsp3) is 0.606. The Hall–Kier alpha value is -3.28. The Morgan fingerprint density at radius 2 is 1.75 bits per heavy atom. The Labute approximate surface area is 255 Å². The summed E-state index contributed by atoms with van der Waals surface area (Å²) >= 11 is 0. The van der Waals surface area contributed by atoms with Crippen LogP contribution in [0.3, 0.4) is 0 Å². The van der Waals surface area contributed by atoms with Gasteiger partial charge >= 0.3 is 0 Å². The predicted octanol–water partition coefficient (Wildman–Crippen LogP) is 2.95. The van der Waals surface area contributed by atoms with E-state index in [1.807, 2.05) is 0 Å². The molecule has 6 rings (SSSR count). The van der Waals surface area contributed by atoms with Gasteiger partial charge < -0.3 is 31.5 Å². The third-order valence-electron chi connectivity index (χ3n) is 11.1. The topological polar surface area (TPSA) is 173 Å². The quantitative estimate of drug-likeness (QED) is 0.264. The van der Waals surface area contributed by atoms with E-state index in [4.69, 9.17) is 5.73 Å². The van der Waals surface area contributed by atoms with Crippen LogP contribution in [0.1, 0.15) is 73.4 Å². The number of phenolic OH excluding ortho intramolecular Hbond substituents is 1. The second-order valence-corrected chi connectivity index (χ2v) is 13.9. The highest BCUT2D eigenvalue weighted by molar-refractivity contribution is 6.24. The molecular weight excluding hydrogens is 569 g/mol. The maximum absolute atomic E-state index is 16.1. The van der Waals surface area contributed by atoms with Crippen LogP contribution in [0, 0.1) is 35.4 Å². The molecule has 1 amide bonds. The molecule has 0 aromatic heterocycles. The van der Waals surface area contributed by atoms with Crippen molar-refractivity contribution in [3.05, 3.63) is 51.2 Å². The van der Waals surface area contributed by atoms with E-state index in [2.05, 4.69) is 12.2 Å². The number of ketones is 2. The van der Waals surface area contributed by atoms with E-state index < -0.39 is 69.6 Å². The number of carbonyl (C=O) groups is 3. The van der Waals surface area contributed by atoms with Gasteiger partial charge in [0.15, 0.2) is 11.4 Å². The van der Waals surface area contributed by atoms with Gasteiger partial charge in [-0.3, -0.25) is 19.3 Å². The van der Waals surface area contributed by atoms with Crippen LogP contribution in [0.5, 0.6) is 5.75 Å². The van der Waals surface area contributed by atoms with Crippen molar-refractivity contribution in [1.82, 2.24) is 10.2 Å². The molecule has 5 aliphatic rings. The SMILES string of the molecule is CCC1CC2CC(C1)CC(NCc1cc(O)c3c(c1F)C[C@H]1C[C@H]4[C@H](N(C)C)C(O)=C(C(N)=O)C(=O)[C@@]4(O)C(O)=C1C3=O)C2. The summed E-state index contributed by atoms with van der Waals surface area (Å²) < 4.78 is 16.1. The van der Waals surface area contributed by atoms with Crippen molar-refractivity contribution in [1.29, 1.82) is 0 Å². The number of aliphatic hydroxyl groups is 3. The second-order valence-electron chi connectivity index (χ2n) is 13.9. The summed E-state index contributed by atoms with van der Waals surface area (Å²) in [7, 11) is 3.12. The number of aliphatic hydroxyl groups excluding tert-OH is 2. The molecule has 2 fully saturated rings. The zero-order valence-electron chi connectivity index (χ0n) is 25.4. The number of nitrogens with one attached hydrogen (secondary N) is 1. The van der Waals surface area contributed by atoms with Crippen molar-refractivity contribution < 1.29 is 39.2 Å². The molecule has 44 heavy (non-hydrogen) atoms. The molecule has 0 saturated heterocycles. The Balaban J connectivity index is 1.31. The molecule has 7 N–H and O–H groups in total. The summed E-state index contributed by atoms with van der Waals surface area (Å²) in [5.74, 6) is -6.00. The number of benzene rings is 1. The molecule has 0 radical (unpaired) electrons. The maximum atomic E-state index is 16.1. The average Bonchev–Trinajstić information content (AvgIpc) is 2.95. The van der Waals surface area contributed by atoms with Gasteiger partial charge in [0.05, 0.1) is 11.6 Å². The number of likely N-dealkylation sites (N-methyl/N-ethyl adjacent to an activating group) is 1. The third-order valence-corrected chi connectivity index (χ3v) is 11.1. The van der Waals surface area contributed by atoms with Gasteiger partial charge in [0.2, 0.25) is 5.78 Å². The summed E-state index contributed by atoms with van der Waals surface area (Å²) in [4.78, 5) is 40.8. The number of nitrogens with two attached hydrogens (primary N) is 1. The average molecular weight is 612 g/mol. The Morgan fingerprint density at radius 3 is 2.34 bits per heavy atom. The number of Topliss-reactive ketones (excluding diaryl/α,β-unsaturated/α-hetero) is 2. The summed E-state index contributed by atoms with van der Waals surface area (Å²) in [6.07, 6.45) is 6.84. The van der Waals surface area contributed by atoms with Crippen molar-refractivity contribution in [3.63, 3.8) is 0 Å². The number of primary amides is 1. The number of amides is 1. The summed E-state index contributed by atoms with van der Waals surface area (Å²) in [6, 6.07) is 0.376. The van der Waals surface area contributed by atoms with Gasteiger partial charge in [-0.1, -0.05) is 13.3 Å². The van der Waals surface area contributed by atoms with E-state index >= 15 is 4.39 Å². The maximum Gasteiger partial charge on any atom is 0.255 e. The van der Waals surface area contributed by atoms with E-state index in [-0.39, 0.29) is 47.7 Å². The van der Waals surface area contributed by atoms with Gasteiger partial charge in [0.1, 0.15) is 28.7 Å². The number of phenols is 1. The fourth-order valence-corrected chi connectivity index (χ4v) is 9.23. The fourth-order valence-electron chi connectivity index (χ4n) is 9.23. The number of rotatable bonds is 6. The molecule has 10 nitrogen and oxygen atoms in total. The van der Waals surface area contributed by atoms with E-state index in [1.165, 1.54) is 36.6 Å². The lowest BCUT2D eigenvalue weighted by atomic mass is 9.58. The van der Waals surface area contributed by atoms with E-state index in [0.717, 1.165) is 18.8 Å². The molecule has 0 spiro atoms. The number of hydrogen-bond donors (Lipinski definition) is 6. The minimum Gasteiger partial charge on any atom is -0.510 e. The largest absolute Gasteiger partial charge is 0.510 e. The number of fused-ring (bicyclic) bond motifs is 5. The number of halogens is 1. The molecule has 1 aromatic rings. The summed E-state index contributed by atoms with van der Waals surface area (Å²) in [5.41, 5.74) is 1.42. The molecule has 1 aromatic carbocycles. The van der Waals surface area contributed by atoms with Gasteiger partial charge in [0.25, 0.3) is 5.91 Å². The highest BCUT2D eigenvalue weighted by atomic mass is 19.1. The first-order valence-electron chi connectivity index (χ1n) is 15.7. The third kappa shape index (κ3) is 4.58. The van der Waals surface area contributed by atoms with Crippen LogP contribution in [0.2, 0.25) is 0 Å². The van der Waals surface area contributed by atoms with Crippen LogP contribution < -0.4 is 11.1 Å². The molecule has 2 saturated carbocycles. The molecule has 0 aliphatic heterocycles. The molecular formula is C33H42FN3O7. The second kappa shape index (κ2) is 11.0. The molecule has 238 valence electrons. The van der Waals surface area contributed by atoms with E-state index in [1.54, 1.807) is 14.1 Å². The minimum absolute atomic E-state index is 0.0196. The van der Waals surface area contributed by atoms with E-state index in [9.17, 15) is 34.8 Å². The van der Waals surface area contributed by atoms with Crippen molar-refractivity contribution in [2.45, 2.75) is 82.5 Å². The molecule has 11 heteroatoms. The van der Waals surface area contributed by atoms with Crippen molar-refractivity contribution >= 4 is 17.5 Å². The van der Waals surface area contributed by atoms with Gasteiger partial charge in [-0.05, 0) is 88.8 Å². The highest BCUT2D eigenvalue weighted by Gasteiger charge is 2.63. The number of hydrogen-bond acceptors (Lipinski definition) is 9. The number of aromatic hydroxyl groups is 1. The van der Waals surface area contributed by atoms with Crippen molar-refractivity contribution in [2.24, 2.45) is 35.3 Å². The van der Waals surface area contributed by atoms with Gasteiger partial charge in [-0.2, -0.15) is 0 Å². The van der Waals surface area contributed by atoms with Gasteiger partial charge in [0, 0.05) is 35.2 Å². The van der Waals surface area contributed by atoms with Crippen molar-refractivity contribution in [3.8, 4) is 5.75 Å². The Bertz CT molecular complexity index is 1490. The van der Waals surface area contributed by atoms with Crippen LogP contribution in [0.4, 0.5) is 4.39 Å². The first kappa shape index (κ1) is 30.7. The zero-order chi connectivity index (χ0) is 31.8. The van der Waals surface area contributed by atoms with Crippen LogP contribution in [0.25, 0.3) is 0 Å². The highest BCUT2D eigenvalue weighted by Crippen LogP contribution is 2.52. The van der Waals surface area contributed by atoms with E-state index in [0.29, 0.717) is 11.8 Å². The molecule has 0 heterocycles. The lowest BCUT2D eigenvalue weighted by Gasteiger charge is -2.50. The monoisotopic (exact) mass is 611 g/mol. The van der Waals surface area contributed by atoms with Gasteiger partial charge in [-0.15, -0.1) is 0 Å². The lowest BCUT2D eigenvalue weighted by molar-refractivity contribution is -0.148. The van der Waals surface area contributed by atoms with Gasteiger partial charge in [-0.25, -0.2) is 4.39 Å². The van der Waals surface area contributed by atoms with Crippen LogP contribution in [0.15, 0.2) is 28.7 Å².